The Morgan fingerprint density at radius 1 is 1.22 bits per heavy atom. The van der Waals surface area contributed by atoms with Crippen LogP contribution in [-0.4, -0.2) is 47.3 Å². The molecule has 2 N–H and O–H groups in total. The van der Waals surface area contributed by atoms with Crippen LogP contribution in [0.4, 0.5) is 0 Å². The minimum absolute atomic E-state index is 0.0966. The number of nitrogens with one attached hydrogen (secondary N) is 1. The topological polar surface area (TPSA) is 35.5 Å². The molecule has 3 unspecified atom stereocenters. The molecule has 3 nitrogen and oxygen atoms in total. The maximum absolute atomic E-state index is 10.2. The normalized spacial score (nSPS) is 31.3. The lowest BCUT2D eigenvalue weighted by Gasteiger charge is -2.33. The molecule has 1 aliphatic carbocycles. The van der Waals surface area contributed by atoms with Gasteiger partial charge in [-0.1, -0.05) is 12.8 Å². The van der Waals surface area contributed by atoms with Gasteiger partial charge in [0.05, 0.1) is 6.10 Å². The first-order valence-electron chi connectivity index (χ1n) is 7.63. The summed E-state index contributed by atoms with van der Waals surface area (Å²) in [5.41, 5.74) is 0.0966. The van der Waals surface area contributed by atoms with Crippen molar-refractivity contribution in [2.75, 3.05) is 19.6 Å². The van der Waals surface area contributed by atoms with Crippen LogP contribution in [0.15, 0.2) is 0 Å². The minimum Gasteiger partial charge on any atom is -0.390 e. The van der Waals surface area contributed by atoms with E-state index in [2.05, 4.69) is 31.0 Å². The molecular weight excluding hydrogens is 224 g/mol. The van der Waals surface area contributed by atoms with Gasteiger partial charge in [-0.25, -0.2) is 0 Å². The first-order valence-corrected chi connectivity index (χ1v) is 7.63. The van der Waals surface area contributed by atoms with E-state index in [4.69, 9.17) is 0 Å². The molecule has 2 fully saturated rings. The molecule has 0 amide bonds. The van der Waals surface area contributed by atoms with Crippen LogP contribution in [0, 0.1) is 5.92 Å². The molecule has 0 aromatic rings. The first kappa shape index (κ1) is 14.3. The number of β-amino-alcohol motifs (C(OH)–C–C–N with tert-alkyl or cyclic N) is 1. The van der Waals surface area contributed by atoms with E-state index in [-0.39, 0.29) is 11.6 Å². The van der Waals surface area contributed by atoms with E-state index in [0.717, 1.165) is 18.5 Å². The van der Waals surface area contributed by atoms with Gasteiger partial charge in [0.25, 0.3) is 0 Å². The van der Waals surface area contributed by atoms with Crippen molar-refractivity contribution in [1.29, 1.82) is 0 Å². The van der Waals surface area contributed by atoms with Crippen molar-refractivity contribution < 1.29 is 5.11 Å². The third kappa shape index (κ3) is 3.94. The number of hydrogen-bond acceptors (Lipinski definition) is 3. The zero-order valence-corrected chi connectivity index (χ0v) is 12.3. The highest BCUT2D eigenvalue weighted by molar-refractivity contribution is 4.90. The molecule has 0 radical (unpaired) electrons. The fourth-order valence-corrected chi connectivity index (χ4v) is 3.49. The Morgan fingerprint density at radius 3 is 2.67 bits per heavy atom. The average Bonchev–Trinajstić information content (AvgIpc) is 2.70. The van der Waals surface area contributed by atoms with Crippen LogP contribution in [0.2, 0.25) is 0 Å². The molecule has 1 saturated heterocycles. The Labute approximate surface area is 112 Å². The van der Waals surface area contributed by atoms with Gasteiger partial charge in [-0.15, -0.1) is 0 Å². The lowest BCUT2D eigenvalue weighted by Crippen LogP contribution is -2.46. The molecule has 2 aliphatic rings. The van der Waals surface area contributed by atoms with Gasteiger partial charge in [0.1, 0.15) is 0 Å². The monoisotopic (exact) mass is 254 g/mol. The van der Waals surface area contributed by atoms with Gasteiger partial charge < -0.3 is 10.4 Å². The van der Waals surface area contributed by atoms with Gasteiger partial charge in [-0.2, -0.15) is 0 Å². The summed E-state index contributed by atoms with van der Waals surface area (Å²) in [4.78, 5) is 2.54. The summed E-state index contributed by atoms with van der Waals surface area (Å²) in [5.74, 6) is 0.918. The zero-order valence-electron chi connectivity index (χ0n) is 12.3. The third-order valence-electron chi connectivity index (χ3n) is 4.44. The van der Waals surface area contributed by atoms with E-state index in [9.17, 15) is 5.11 Å². The zero-order chi connectivity index (χ0) is 13.2. The van der Waals surface area contributed by atoms with Gasteiger partial charge in [-0.3, -0.25) is 4.90 Å². The van der Waals surface area contributed by atoms with Gasteiger partial charge >= 0.3 is 0 Å². The molecule has 0 aromatic heterocycles. The number of fused-ring (bicyclic) bond motifs is 1. The van der Waals surface area contributed by atoms with Crippen molar-refractivity contribution in [3.05, 3.63) is 0 Å². The molecular formula is C15H30N2O. The molecule has 0 aromatic carbocycles. The summed E-state index contributed by atoms with van der Waals surface area (Å²) in [6, 6.07) is 0.767. The van der Waals surface area contributed by atoms with Crippen molar-refractivity contribution in [1.82, 2.24) is 10.2 Å². The van der Waals surface area contributed by atoms with Crippen LogP contribution >= 0.6 is 0 Å². The fraction of sp³-hybridized carbons (Fsp3) is 1.00. The Bertz CT molecular complexity index is 262. The van der Waals surface area contributed by atoms with Crippen molar-refractivity contribution in [3.8, 4) is 0 Å². The SMILES string of the molecule is CC(C)(C)NCC(O)CN1CCC2CCCCC21. The maximum Gasteiger partial charge on any atom is 0.0791 e. The molecule has 2 rings (SSSR count). The van der Waals surface area contributed by atoms with Gasteiger partial charge in [0, 0.05) is 24.7 Å². The summed E-state index contributed by atoms with van der Waals surface area (Å²) < 4.78 is 0. The second-order valence-electron chi connectivity index (χ2n) is 7.18. The van der Waals surface area contributed by atoms with E-state index < -0.39 is 0 Å². The average molecular weight is 254 g/mol. The molecule has 18 heavy (non-hydrogen) atoms. The predicted molar refractivity (Wildman–Crippen MR) is 75.7 cm³/mol. The maximum atomic E-state index is 10.2. The van der Waals surface area contributed by atoms with Gasteiger partial charge in [0.2, 0.25) is 0 Å². The number of aliphatic hydroxyl groups is 1. The number of nitrogens with zero attached hydrogens (tertiary/aromatic N) is 1. The molecule has 1 saturated carbocycles. The molecule has 3 heteroatoms. The van der Waals surface area contributed by atoms with Crippen molar-refractivity contribution in [2.45, 2.75) is 70.6 Å². The summed E-state index contributed by atoms with van der Waals surface area (Å²) in [6.45, 7) is 9.19. The van der Waals surface area contributed by atoms with Crippen LogP contribution in [0.1, 0.15) is 52.9 Å². The van der Waals surface area contributed by atoms with E-state index in [1.807, 2.05) is 0 Å². The predicted octanol–water partition coefficient (Wildman–Crippen LogP) is 2.00. The Kier molecular flexibility index (Phi) is 4.68. The Balaban J connectivity index is 1.75. The summed E-state index contributed by atoms with van der Waals surface area (Å²) in [7, 11) is 0. The lowest BCUT2D eigenvalue weighted by atomic mass is 9.85. The van der Waals surface area contributed by atoms with Crippen molar-refractivity contribution in [2.24, 2.45) is 5.92 Å². The smallest absolute Gasteiger partial charge is 0.0791 e. The molecule has 106 valence electrons. The van der Waals surface area contributed by atoms with Crippen LogP contribution in [0.3, 0.4) is 0 Å². The summed E-state index contributed by atoms with van der Waals surface area (Å²) in [6.07, 6.45) is 6.69. The van der Waals surface area contributed by atoms with Crippen LogP contribution in [0.5, 0.6) is 0 Å². The third-order valence-corrected chi connectivity index (χ3v) is 4.44. The van der Waals surface area contributed by atoms with Crippen molar-refractivity contribution >= 4 is 0 Å². The van der Waals surface area contributed by atoms with Crippen LogP contribution < -0.4 is 5.32 Å². The highest BCUT2D eigenvalue weighted by Crippen LogP contribution is 2.35. The van der Waals surface area contributed by atoms with Crippen LogP contribution in [-0.2, 0) is 0 Å². The van der Waals surface area contributed by atoms with Gasteiger partial charge in [-0.05, 0) is 52.5 Å². The summed E-state index contributed by atoms with van der Waals surface area (Å²) >= 11 is 0. The largest absolute Gasteiger partial charge is 0.390 e. The van der Waals surface area contributed by atoms with E-state index in [1.54, 1.807) is 0 Å². The second-order valence-corrected chi connectivity index (χ2v) is 7.18. The highest BCUT2D eigenvalue weighted by Gasteiger charge is 2.36. The first-order chi connectivity index (χ1) is 8.46. The lowest BCUT2D eigenvalue weighted by molar-refractivity contribution is 0.0843. The van der Waals surface area contributed by atoms with E-state index in [0.29, 0.717) is 6.54 Å². The quantitative estimate of drug-likeness (QED) is 0.805. The van der Waals surface area contributed by atoms with E-state index in [1.165, 1.54) is 38.6 Å². The highest BCUT2D eigenvalue weighted by atomic mass is 16.3. The van der Waals surface area contributed by atoms with Crippen molar-refractivity contribution in [3.63, 3.8) is 0 Å². The number of hydrogen-bond donors (Lipinski definition) is 2. The Hall–Kier alpha value is -0.120. The number of likely N-dealkylation sites (tertiary alicyclic amines) is 1. The second kappa shape index (κ2) is 5.89. The fourth-order valence-electron chi connectivity index (χ4n) is 3.49. The number of rotatable bonds is 4. The summed E-state index contributed by atoms with van der Waals surface area (Å²) in [5, 5.41) is 13.5. The van der Waals surface area contributed by atoms with Crippen LogP contribution in [0.25, 0.3) is 0 Å². The molecule has 0 spiro atoms. The van der Waals surface area contributed by atoms with E-state index >= 15 is 0 Å². The molecule has 3 atom stereocenters. The Morgan fingerprint density at radius 2 is 1.94 bits per heavy atom. The minimum atomic E-state index is -0.232. The number of aliphatic hydroxyl groups excluding tert-OH is 1. The molecule has 1 aliphatic heterocycles. The standard InChI is InChI=1S/C15H30N2O/c1-15(2,3)16-10-13(18)11-17-9-8-12-6-4-5-7-14(12)17/h12-14,16,18H,4-11H2,1-3H3. The molecule has 0 bridgehead atoms. The molecule has 1 heterocycles. The van der Waals surface area contributed by atoms with Gasteiger partial charge in [0.15, 0.2) is 0 Å².